The first-order chi connectivity index (χ1) is 8.72. The predicted octanol–water partition coefficient (Wildman–Crippen LogP) is 3.84. The molecule has 0 radical (unpaired) electrons. The van der Waals surface area contributed by atoms with Crippen molar-refractivity contribution in [2.24, 2.45) is 0 Å². The second-order valence-electron chi connectivity index (χ2n) is 4.12. The highest BCUT2D eigenvalue weighted by Crippen LogP contribution is 2.24. The first-order valence-corrected chi connectivity index (χ1v) is 6.05. The zero-order chi connectivity index (χ0) is 13.0. The Morgan fingerprint density at radius 1 is 1.11 bits per heavy atom. The quantitative estimate of drug-likeness (QED) is 0.762. The Morgan fingerprint density at radius 3 is 2.44 bits per heavy atom. The Bertz CT molecular complexity index is 544. The molecule has 2 rings (SSSR count). The van der Waals surface area contributed by atoms with Crippen LogP contribution < -0.4 is 0 Å². The van der Waals surface area contributed by atoms with Gasteiger partial charge in [0.1, 0.15) is 0 Å². The fraction of sp³-hybridized carbons (Fsp3) is 0.188. The lowest BCUT2D eigenvalue weighted by Crippen LogP contribution is -2.04. The van der Waals surface area contributed by atoms with Crippen LogP contribution in [-0.2, 0) is 4.74 Å². The summed E-state index contributed by atoms with van der Waals surface area (Å²) in [7, 11) is 0. The van der Waals surface area contributed by atoms with E-state index in [1.54, 1.807) is 0 Å². The van der Waals surface area contributed by atoms with Gasteiger partial charge in [-0.25, -0.2) is 4.79 Å². The van der Waals surface area contributed by atoms with Gasteiger partial charge in [0.15, 0.2) is 0 Å². The van der Waals surface area contributed by atoms with Crippen LogP contribution in [0.4, 0.5) is 0 Å². The molecule has 92 valence electrons. The van der Waals surface area contributed by atoms with Gasteiger partial charge in [0.25, 0.3) is 0 Å². The second-order valence-corrected chi connectivity index (χ2v) is 4.12. The Morgan fingerprint density at radius 2 is 1.83 bits per heavy atom. The molecule has 0 heterocycles. The molecule has 0 unspecified atom stereocenters. The number of carbonyl (C=O) groups is 1. The smallest absolute Gasteiger partial charge is 0.338 e. The van der Waals surface area contributed by atoms with Crippen LogP contribution in [-0.4, -0.2) is 12.6 Å². The number of hydrogen-bond donors (Lipinski definition) is 0. The van der Waals surface area contributed by atoms with Crippen molar-refractivity contribution in [2.45, 2.75) is 13.8 Å². The number of aryl methyl sites for hydroxylation is 1. The fourth-order valence-corrected chi connectivity index (χ4v) is 1.95. The molecule has 0 fully saturated rings. The van der Waals surface area contributed by atoms with Gasteiger partial charge in [0, 0.05) is 0 Å². The Kier molecular flexibility index (Phi) is 3.78. The Hall–Kier alpha value is -2.09. The normalized spacial score (nSPS) is 10.1. The largest absolute Gasteiger partial charge is 0.462 e. The van der Waals surface area contributed by atoms with Gasteiger partial charge >= 0.3 is 5.97 Å². The maximum absolute atomic E-state index is 11.6. The molecule has 0 amide bonds. The highest BCUT2D eigenvalue weighted by atomic mass is 16.5. The molecule has 18 heavy (non-hydrogen) atoms. The number of carbonyl (C=O) groups excluding carboxylic acids is 1. The monoisotopic (exact) mass is 240 g/mol. The fourth-order valence-electron chi connectivity index (χ4n) is 1.95. The molecular formula is C16H16O2. The van der Waals surface area contributed by atoms with E-state index in [2.05, 4.69) is 12.1 Å². The maximum Gasteiger partial charge on any atom is 0.338 e. The molecule has 0 aromatic heterocycles. The van der Waals surface area contributed by atoms with Crippen LogP contribution in [0.3, 0.4) is 0 Å². The van der Waals surface area contributed by atoms with Gasteiger partial charge in [-0.3, -0.25) is 0 Å². The first kappa shape index (κ1) is 12.4. The van der Waals surface area contributed by atoms with E-state index in [1.165, 1.54) is 0 Å². The molecule has 0 spiro atoms. The number of benzene rings is 2. The van der Waals surface area contributed by atoms with Crippen LogP contribution >= 0.6 is 0 Å². The molecule has 0 N–H and O–H groups in total. The third-order valence-electron chi connectivity index (χ3n) is 2.82. The summed E-state index contributed by atoms with van der Waals surface area (Å²) in [5, 5.41) is 0. The minimum Gasteiger partial charge on any atom is -0.462 e. The molecule has 2 heteroatoms. The van der Waals surface area contributed by atoms with E-state index < -0.39 is 0 Å². The number of ether oxygens (including phenoxy) is 1. The van der Waals surface area contributed by atoms with Crippen LogP contribution in [0.15, 0.2) is 48.5 Å². The summed E-state index contributed by atoms with van der Waals surface area (Å²) in [6, 6.07) is 15.8. The first-order valence-electron chi connectivity index (χ1n) is 6.05. The topological polar surface area (TPSA) is 26.3 Å². The minimum absolute atomic E-state index is 0.264. The highest BCUT2D eigenvalue weighted by Gasteiger charge is 2.09. The van der Waals surface area contributed by atoms with Crippen molar-refractivity contribution >= 4 is 5.97 Å². The zero-order valence-corrected chi connectivity index (χ0v) is 10.6. The van der Waals surface area contributed by atoms with Crippen LogP contribution in [0.1, 0.15) is 22.8 Å². The van der Waals surface area contributed by atoms with Gasteiger partial charge in [-0.05, 0) is 42.7 Å². The summed E-state index contributed by atoms with van der Waals surface area (Å²) >= 11 is 0. The van der Waals surface area contributed by atoms with Crippen molar-refractivity contribution < 1.29 is 9.53 Å². The van der Waals surface area contributed by atoms with Gasteiger partial charge in [0.05, 0.1) is 12.2 Å². The van der Waals surface area contributed by atoms with E-state index in [4.69, 9.17) is 4.74 Å². The molecule has 0 aliphatic heterocycles. The molecule has 2 aromatic rings. The third kappa shape index (κ3) is 2.59. The lowest BCUT2D eigenvalue weighted by Gasteiger charge is -2.08. The average molecular weight is 240 g/mol. The lowest BCUT2D eigenvalue weighted by atomic mass is 9.98. The zero-order valence-electron chi connectivity index (χ0n) is 10.6. The molecule has 0 aliphatic rings. The molecule has 0 saturated carbocycles. The van der Waals surface area contributed by atoms with E-state index in [-0.39, 0.29) is 5.97 Å². The average Bonchev–Trinajstić information content (AvgIpc) is 2.40. The van der Waals surface area contributed by atoms with Crippen molar-refractivity contribution in [1.82, 2.24) is 0 Å². The lowest BCUT2D eigenvalue weighted by molar-refractivity contribution is 0.0526. The minimum atomic E-state index is -0.264. The van der Waals surface area contributed by atoms with Crippen LogP contribution in [0.5, 0.6) is 0 Å². The molecule has 0 aliphatic carbocycles. The van der Waals surface area contributed by atoms with Gasteiger partial charge in [-0.1, -0.05) is 36.4 Å². The number of rotatable bonds is 3. The van der Waals surface area contributed by atoms with Gasteiger partial charge in [-0.15, -0.1) is 0 Å². The third-order valence-corrected chi connectivity index (χ3v) is 2.82. The standard InChI is InChI=1S/C16H16O2/c1-3-18-16(17)14-9-10-15(12(2)11-14)13-7-5-4-6-8-13/h4-11H,3H2,1-2H3. The van der Waals surface area contributed by atoms with Crippen molar-refractivity contribution in [3.8, 4) is 11.1 Å². The van der Waals surface area contributed by atoms with E-state index in [1.807, 2.05) is 50.2 Å². The molecule has 2 aromatic carbocycles. The summed E-state index contributed by atoms with van der Waals surface area (Å²) in [6.07, 6.45) is 0. The van der Waals surface area contributed by atoms with Gasteiger partial charge < -0.3 is 4.74 Å². The van der Waals surface area contributed by atoms with Crippen LogP contribution in [0.25, 0.3) is 11.1 Å². The summed E-state index contributed by atoms with van der Waals surface area (Å²) in [5.74, 6) is -0.264. The van der Waals surface area contributed by atoms with Crippen molar-refractivity contribution in [3.05, 3.63) is 59.7 Å². The molecule has 0 bridgehead atoms. The summed E-state index contributed by atoms with van der Waals surface area (Å²) in [6.45, 7) is 4.21. The van der Waals surface area contributed by atoms with Gasteiger partial charge in [-0.2, -0.15) is 0 Å². The van der Waals surface area contributed by atoms with E-state index in [0.717, 1.165) is 16.7 Å². The summed E-state index contributed by atoms with van der Waals surface area (Å²) < 4.78 is 4.99. The Labute approximate surface area is 107 Å². The maximum atomic E-state index is 11.6. The van der Waals surface area contributed by atoms with Crippen LogP contribution in [0.2, 0.25) is 0 Å². The van der Waals surface area contributed by atoms with Crippen LogP contribution in [0, 0.1) is 6.92 Å². The van der Waals surface area contributed by atoms with Crippen molar-refractivity contribution in [2.75, 3.05) is 6.61 Å². The van der Waals surface area contributed by atoms with Crippen molar-refractivity contribution in [1.29, 1.82) is 0 Å². The molecular weight excluding hydrogens is 224 g/mol. The number of esters is 1. The summed E-state index contributed by atoms with van der Waals surface area (Å²) in [4.78, 5) is 11.6. The Balaban J connectivity index is 2.34. The molecule has 0 saturated heterocycles. The molecule has 0 atom stereocenters. The summed E-state index contributed by atoms with van der Waals surface area (Å²) in [5.41, 5.74) is 3.98. The number of hydrogen-bond acceptors (Lipinski definition) is 2. The van der Waals surface area contributed by atoms with E-state index in [0.29, 0.717) is 12.2 Å². The van der Waals surface area contributed by atoms with Gasteiger partial charge in [0.2, 0.25) is 0 Å². The van der Waals surface area contributed by atoms with E-state index in [9.17, 15) is 4.79 Å². The second kappa shape index (κ2) is 5.50. The molecule has 2 nitrogen and oxygen atoms in total. The van der Waals surface area contributed by atoms with Crippen molar-refractivity contribution in [3.63, 3.8) is 0 Å². The predicted molar refractivity (Wildman–Crippen MR) is 72.6 cm³/mol. The highest BCUT2D eigenvalue weighted by molar-refractivity contribution is 5.90. The van der Waals surface area contributed by atoms with E-state index >= 15 is 0 Å². The SMILES string of the molecule is CCOC(=O)c1ccc(-c2ccccc2)c(C)c1.